The van der Waals surface area contributed by atoms with Gasteiger partial charge in [-0.25, -0.2) is 9.59 Å². The molecule has 0 radical (unpaired) electrons. The maximum absolute atomic E-state index is 12.1. The minimum absolute atomic E-state index is 0.0287. The SMILES string of the molecule is CC1=C(C(=O)O)C(c2cccc(Cl)c2Cl)C(C(=O)O)=C(CCN(C)C)N1. The number of rotatable bonds is 6. The van der Waals surface area contributed by atoms with Crippen LogP contribution in [-0.2, 0) is 9.59 Å². The Bertz CT molecular complexity index is 815. The molecule has 1 unspecified atom stereocenters. The molecule has 0 amide bonds. The van der Waals surface area contributed by atoms with Gasteiger partial charge >= 0.3 is 11.9 Å². The fraction of sp³-hybridized carbons (Fsp3) is 0.333. The number of allylic oxidation sites excluding steroid dienone is 1. The van der Waals surface area contributed by atoms with Crippen molar-refractivity contribution in [2.45, 2.75) is 19.3 Å². The lowest BCUT2D eigenvalue weighted by atomic mass is 9.79. The average Bonchev–Trinajstić information content (AvgIpc) is 2.53. The lowest BCUT2D eigenvalue weighted by molar-refractivity contribution is -0.133. The van der Waals surface area contributed by atoms with Crippen molar-refractivity contribution in [2.24, 2.45) is 0 Å². The molecule has 1 aromatic carbocycles. The van der Waals surface area contributed by atoms with Crippen LogP contribution in [0.1, 0.15) is 24.8 Å². The molecule has 0 saturated heterocycles. The van der Waals surface area contributed by atoms with E-state index in [4.69, 9.17) is 23.2 Å². The molecule has 0 spiro atoms. The summed E-state index contributed by atoms with van der Waals surface area (Å²) in [6, 6.07) is 4.80. The predicted octanol–water partition coefficient (Wildman–Crippen LogP) is 3.33. The van der Waals surface area contributed by atoms with E-state index in [1.165, 1.54) is 0 Å². The van der Waals surface area contributed by atoms with E-state index in [-0.39, 0.29) is 21.2 Å². The minimum Gasteiger partial charge on any atom is -0.478 e. The van der Waals surface area contributed by atoms with E-state index < -0.39 is 17.9 Å². The molecule has 1 aliphatic rings. The molecule has 1 atom stereocenters. The van der Waals surface area contributed by atoms with Crippen LogP contribution in [0.15, 0.2) is 40.7 Å². The Hall–Kier alpha value is -2.02. The lowest BCUT2D eigenvalue weighted by Crippen LogP contribution is -2.33. The van der Waals surface area contributed by atoms with Crippen molar-refractivity contribution in [1.29, 1.82) is 0 Å². The molecule has 0 bridgehead atoms. The Morgan fingerprint density at radius 1 is 1.15 bits per heavy atom. The highest BCUT2D eigenvalue weighted by atomic mass is 35.5. The van der Waals surface area contributed by atoms with E-state index in [2.05, 4.69) is 5.32 Å². The summed E-state index contributed by atoms with van der Waals surface area (Å²) in [6.45, 7) is 2.22. The van der Waals surface area contributed by atoms with E-state index in [0.29, 0.717) is 29.9 Å². The quantitative estimate of drug-likeness (QED) is 0.680. The third-order valence-electron chi connectivity index (χ3n) is 4.21. The van der Waals surface area contributed by atoms with Gasteiger partial charge in [0.2, 0.25) is 0 Å². The van der Waals surface area contributed by atoms with Crippen molar-refractivity contribution in [3.63, 3.8) is 0 Å². The molecular formula is C18H20Cl2N2O4. The predicted molar refractivity (Wildman–Crippen MR) is 101 cm³/mol. The molecular weight excluding hydrogens is 379 g/mol. The molecule has 0 aliphatic carbocycles. The Morgan fingerprint density at radius 2 is 1.77 bits per heavy atom. The van der Waals surface area contributed by atoms with Crippen molar-refractivity contribution in [2.75, 3.05) is 20.6 Å². The second-order valence-electron chi connectivity index (χ2n) is 6.30. The van der Waals surface area contributed by atoms with Gasteiger partial charge in [-0.1, -0.05) is 35.3 Å². The van der Waals surface area contributed by atoms with E-state index in [9.17, 15) is 19.8 Å². The van der Waals surface area contributed by atoms with E-state index in [1.807, 2.05) is 19.0 Å². The van der Waals surface area contributed by atoms with Crippen LogP contribution in [0.3, 0.4) is 0 Å². The number of benzene rings is 1. The van der Waals surface area contributed by atoms with Crippen molar-refractivity contribution >= 4 is 35.1 Å². The minimum atomic E-state index is -1.21. The Labute approximate surface area is 161 Å². The van der Waals surface area contributed by atoms with Crippen LogP contribution in [0.2, 0.25) is 10.0 Å². The van der Waals surface area contributed by atoms with Gasteiger partial charge in [-0.05, 0) is 32.6 Å². The van der Waals surface area contributed by atoms with E-state index >= 15 is 0 Å². The first-order valence-electron chi connectivity index (χ1n) is 7.91. The third-order valence-corrected chi connectivity index (χ3v) is 5.04. The highest BCUT2D eigenvalue weighted by Gasteiger charge is 2.38. The molecule has 2 rings (SSSR count). The van der Waals surface area contributed by atoms with Gasteiger partial charge in [0, 0.05) is 24.4 Å². The molecule has 8 heteroatoms. The summed E-state index contributed by atoms with van der Waals surface area (Å²) in [4.78, 5) is 25.9. The van der Waals surface area contributed by atoms with Crippen LogP contribution in [0.5, 0.6) is 0 Å². The first kappa shape index (κ1) is 20.3. The van der Waals surface area contributed by atoms with E-state index in [0.717, 1.165) is 0 Å². The van der Waals surface area contributed by atoms with Gasteiger partial charge in [-0.15, -0.1) is 0 Å². The number of hydrogen-bond donors (Lipinski definition) is 3. The first-order chi connectivity index (χ1) is 12.1. The zero-order valence-electron chi connectivity index (χ0n) is 14.6. The molecule has 26 heavy (non-hydrogen) atoms. The topological polar surface area (TPSA) is 89.9 Å². The Morgan fingerprint density at radius 3 is 2.31 bits per heavy atom. The summed E-state index contributed by atoms with van der Waals surface area (Å²) in [6.07, 6.45) is 0.424. The van der Waals surface area contributed by atoms with Crippen molar-refractivity contribution in [1.82, 2.24) is 10.2 Å². The molecule has 6 nitrogen and oxygen atoms in total. The van der Waals surface area contributed by atoms with Gasteiger partial charge < -0.3 is 20.4 Å². The molecule has 140 valence electrons. The molecule has 1 aromatic rings. The number of aliphatic carboxylic acids is 2. The second-order valence-corrected chi connectivity index (χ2v) is 7.08. The van der Waals surface area contributed by atoms with Gasteiger partial charge in [0.15, 0.2) is 0 Å². The fourth-order valence-corrected chi connectivity index (χ4v) is 3.44. The summed E-state index contributed by atoms with van der Waals surface area (Å²) in [5.74, 6) is -3.42. The number of hydrogen-bond acceptors (Lipinski definition) is 4. The normalized spacial score (nSPS) is 17.5. The Balaban J connectivity index is 2.72. The zero-order chi connectivity index (χ0) is 19.6. The zero-order valence-corrected chi connectivity index (χ0v) is 16.1. The second kappa shape index (κ2) is 8.12. The summed E-state index contributed by atoms with van der Waals surface area (Å²) >= 11 is 12.4. The molecule has 1 heterocycles. The van der Waals surface area contributed by atoms with Crippen LogP contribution in [-0.4, -0.2) is 47.7 Å². The van der Waals surface area contributed by atoms with Crippen LogP contribution in [0.25, 0.3) is 0 Å². The van der Waals surface area contributed by atoms with E-state index in [1.54, 1.807) is 25.1 Å². The first-order valence-corrected chi connectivity index (χ1v) is 8.66. The molecule has 0 saturated carbocycles. The number of carbonyl (C=O) groups is 2. The number of dihydropyridines is 1. The maximum atomic E-state index is 12.1. The highest BCUT2D eigenvalue weighted by Crippen LogP contribution is 2.43. The molecule has 1 aliphatic heterocycles. The number of carboxylic acids is 2. The van der Waals surface area contributed by atoms with Crippen molar-refractivity contribution in [3.8, 4) is 0 Å². The summed E-state index contributed by atoms with van der Waals surface area (Å²) in [5, 5.41) is 22.9. The number of halogens is 2. The molecule has 0 aromatic heterocycles. The van der Waals surface area contributed by atoms with Crippen LogP contribution in [0.4, 0.5) is 0 Å². The van der Waals surface area contributed by atoms with Gasteiger partial charge in [-0.2, -0.15) is 0 Å². The van der Waals surface area contributed by atoms with Gasteiger partial charge in [0.05, 0.1) is 27.1 Å². The van der Waals surface area contributed by atoms with Gasteiger partial charge in [-0.3, -0.25) is 0 Å². The van der Waals surface area contributed by atoms with Crippen molar-refractivity contribution < 1.29 is 19.8 Å². The van der Waals surface area contributed by atoms with Crippen LogP contribution < -0.4 is 5.32 Å². The number of nitrogens with one attached hydrogen (secondary N) is 1. The smallest absolute Gasteiger partial charge is 0.334 e. The van der Waals surface area contributed by atoms with Crippen LogP contribution >= 0.6 is 23.2 Å². The molecule has 3 N–H and O–H groups in total. The summed E-state index contributed by atoms with van der Waals surface area (Å²) in [7, 11) is 3.75. The average molecular weight is 399 g/mol. The molecule has 0 fully saturated rings. The third kappa shape index (κ3) is 4.03. The number of carboxylic acid groups (broad SMARTS) is 2. The fourth-order valence-electron chi connectivity index (χ4n) is 3.02. The van der Waals surface area contributed by atoms with Gasteiger partial charge in [0.1, 0.15) is 0 Å². The summed E-state index contributed by atoms with van der Waals surface area (Å²) in [5.41, 5.74) is 1.13. The largest absolute Gasteiger partial charge is 0.478 e. The Kier molecular flexibility index (Phi) is 6.34. The maximum Gasteiger partial charge on any atom is 0.334 e. The lowest BCUT2D eigenvalue weighted by Gasteiger charge is -2.31. The van der Waals surface area contributed by atoms with Gasteiger partial charge in [0.25, 0.3) is 0 Å². The summed E-state index contributed by atoms with van der Waals surface area (Å²) < 4.78 is 0. The monoisotopic (exact) mass is 398 g/mol. The number of nitrogens with zero attached hydrogens (tertiary/aromatic N) is 1. The van der Waals surface area contributed by atoms with Crippen LogP contribution in [0, 0.1) is 0 Å². The standard InChI is InChI=1S/C18H20Cl2N2O4/c1-9-13(17(23)24)14(10-5-4-6-11(19)16(10)20)15(18(25)26)12(21-9)7-8-22(2)3/h4-6,14,21H,7-8H2,1-3H3,(H,23,24)(H,25,26). The highest BCUT2D eigenvalue weighted by molar-refractivity contribution is 6.42. The van der Waals surface area contributed by atoms with Crippen molar-refractivity contribution in [3.05, 3.63) is 56.3 Å².